The van der Waals surface area contributed by atoms with Crippen molar-refractivity contribution >= 4 is 30.3 Å². The summed E-state index contributed by atoms with van der Waals surface area (Å²) in [4.78, 5) is 40.9. The zero-order valence-corrected chi connectivity index (χ0v) is 18.1. The molecule has 160 valence electrons. The van der Waals surface area contributed by atoms with Crippen LogP contribution in [0.15, 0.2) is 0 Å². The molecule has 4 amide bonds. The van der Waals surface area contributed by atoms with Crippen LogP contribution in [0.3, 0.4) is 0 Å². The molecule has 2 heterocycles. The Kier molecular flexibility index (Phi) is 7.03. The predicted molar refractivity (Wildman–Crippen MR) is 110 cm³/mol. The van der Waals surface area contributed by atoms with E-state index in [1.54, 1.807) is 4.90 Å². The third-order valence-electron chi connectivity index (χ3n) is 7.21. The van der Waals surface area contributed by atoms with E-state index in [0.717, 1.165) is 37.0 Å². The molecule has 3 rings (SSSR count). The fourth-order valence-corrected chi connectivity index (χ4v) is 4.81. The van der Waals surface area contributed by atoms with Crippen molar-refractivity contribution in [3.05, 3.63) is 0 Å². The standard InChI is InChI=1S/C20H34N4O3.ClH/c1-4-19(2,3)14-7-9-20(10-8-14)17(26)24(18(27)22-20)13-16(25)23-11-5-6-15(21)12-23;/h14-15H,4-13,21H2,1-3H3,(H,22,27);1H. The van der Waals surface area contributed by atoms with Crippen molar-refractivity contribution in [1.82, 2.24) is 15.1 Å². The summed E-state index contributed by atoms with van der Waals surface area (Å²) in [6, 6.07) is -0.447. The average Bonchev–Trinajstić information content (AvgIpc) is 2.86. The molecule has 0 radical (unpaired) electrons. The summed E-state index contributed by atoms with van der Waals surface area (Å²) in [6.07, 6.45) is 6.04. The lowest BCUT2D eigenvalue weighted by molar-refractivity contribution is -0.140. The van der Waals surface area contributed by atoms with E-state index in [1.165, 1.54) is 0 Å². The molecule has 7 nitrogen and oxygen atoms in total. The topological polar surface area (TPSA) is 95.7 Å². The number of piperidine rings is 1. The second-order valence-corrected chi connectivity index (χ2v) is 9.26. The number of hydrogen-bond acceptors (Lipinski definition) is 4. The van der Waals surface area contributed by atoms with Crippen molar-refractivity contribution in [3.63, 3.8) is 0 Å². The van der Waals surface area contributed by atoms with Gasteiger partial charge in [-0.25, -0.2) is 4.79 Å². The van der Waals surface area contributed by atoms with Gasteiger partial charge in [0.25, 0.3) is 5.91 Å². The number of rotatable bonds is 4. The molecule has 3 N–H and O–H groups in total. The van der Waals surface area contributed by atoms with Gasteiger partial charge in [0, 0.05) is 19.1 Å². The van der Waals surface area contributed by atoms with E-state index in [4.69, 9.17) is 5.73 Å². The normalized spacial score (nSPS) is 31.0. The van der Waals surface area contributed by atoms with Crippen molar-refractivity contribution in [1.29, 1.82) is 0 Å². The molecular weight excluding hydrogens is 380 g/mol. The van der Waals surface area contributed by atoms with E-state index in [0.29, 0.717) is 31.8 Å². The third kappa shape index (κ3) is 4.30. The predicted octanol–water partition coefficient (Wildman–Crippen LogP) is 2.27. The van der Waals surface area contributed by atoms with Gasteiger partial charge in [-0.2, -0.15) is 0 Å². The van der Waals surface area contributed by atoms with Gasteiger partial charge in [-0.1, -0.05) is 27.2 Å². The lowest BCUT2D eigenvalue weighted by Crippen LogP contribution is -2.52. The van der Waals surface area contributed by atoms with Crippen LogP contribution in [-0.2, 0) is 9.59 Å². The van der Waals surface area contributed by atoms with Crippen molar-refractivity contribution in [2.24, 2.45) is 17.1 Å². The molecular formula is C20H35ClN4O3. The number of halogens is 1. The van der Waals surface area contributed by atoms with Gasteiger partial charge in [0.1, 0.15) is 12.1 Å². The Morgan fingerprint density at radius 2 is 1.89 bits per heavy atom. The molecule has 2 saturated heterocycles. The highest BCUT2D eigenvalue weighted by Gasteiger charge is 2.53. The maximum Gasteiger partial charge on any atom is 0.325 e. The Bertz CT molecular complexity index is 617. The Morgan fingerprint density at radius 3 is 2.46 bits per heavy atom. The van der Waals surface area contributed by atoms with Gasteiger partial charge in [-0.05, 0) is 49.9 Å². The van der Waals surface area contributed by atoms with Crippen LogP contribution in [0.2, 0.25) is 0 Å². The molecule has 1 spiro atoms. The molecule has 3 fully saturated rings. The van der Waals surface area contributed by atoms with E-state index in [9.17, 15) is 14.4 Å². The monoisotopic (exact) mass is 414 g/mol. The summed E-state index contributed by atoms with van der Waals surface area (Å²) in [5.74, 6) is 0.143. The van der Waals surface area contributed by atoms with E-state index in [-0.39, 0.29) is 42.2 Å². The highest BCUT2D eigenvalue weighted by Crippen LogP contribution is 2.45. The van der Waals surface area contributed by atoms with Crippen LogP contribution in [0.5, 0.6) is 0 Å². The Hall–Kier alpha value is -1.34. The minimum absolute atomic E-state index is 0. The third-order valence-corrected chi connectivity index (χ3v) is 7.21. The Balaban J connectivity index is 0.00000280. The minimum atomic E-state index is -0.810. The summed E-state index contributed by atoms with van der Waals surface area (Å²) in [5, 5.41) is 2.92. The van der Waals surface area contributed by atoms with Crippen LogP contribution in [0.4, 0.5) is 4.79 Å². The number of nitrogens with zero attached hydrogens (tertiary/aromatic N) is 2. The van der Waals surface area contributed by atoms with Crippen LogP contribution < -0.4 is 11.1 Å². The van der Waals surface area contributed by atoms with E-state index in [2.05, 4.69) is 26.1 Å². The molecule has 1 aliphatic carbocycles. The smallest absolute Gasteiger partial charge is 0.325 e. The molecule has 28 heavy (non-hydrogen) atoms. The molecule has 8 heteroatoms. The van der Waals surface area contributed by atoms with Crippen LogP contribution in [0.25, 0.3) is 0 Å². The van der Waals surface area contributed by atoms with Gasteiger partial charge in [-0.15, -0.1) is 12.4 Å². The number of hydrogen-bond donors (Lipinski definition) is 2. The van der Waals surface area contributed by atoms with Gasteiger partial charge < -0.3 is 16.0 Å². The van der Waals surface area contributed by atoms with Gasteiger partial charge in [0.05, 0.1) is 0 Å². The van der Waals surface area contributed by atoms with Crippen molar-refractivity contribution < 1.29 is 14.4 Å². The number of urea groups is 1. The maximum absolute atomic E-state index is 13.0. The van der Waals surface area contributed by atoms with Crippen molar-refractivity contribution in [2.45, 2.75) is 77.3 Å². The summed E-state index contributed by atoms with van der Waals surface area (Å²) in [7, 11) is 0. The largest absolute Gasteiger partial charge is 0.340 e. The summed E-state index contributed by atoms with van der Waals surface area (Å²) >= 11 is 0. The van der Waals surface area contributed by atoms with Gasteiger partial charge >= 0.3 is 6.03 Å². The molecule has 1 atom stereocenters. The van der Waals surface area contributed by atoms with Crippen molar-refractivity contribution in [3.8, 4) is 0 Å². The SMILES string of the molecule is CCC(C)(C)C1CCC2(CC1)NC(=O)N(CC(=O)N1CCCC(N)C1)C2=O.Cl. The second-order valence-electron chi connectivity index (χ2n) is 9.26. The molecule has 0 aromatic heterocycles. The Morgan fingerprint density at radius 1 is 1.25 bits per heavy atom. The van der Waals surface area contributed by atoms with Crippen LogP contribution in [0.1, 0.15) is 65.7 Å². The van der Waals surface area contributed by atoms with Gasteiger partial charge in [0.15, 0.2) is 0 Å². The molecule has 0 aromatic carbocycles. The highest BCUT2D eigenvalue weighted by atomic mass is 35.5. The summed E-state index contributed by atoms with van der Waals surface area (Å²) in [5.41, 5.74) is 5.38. The fraction of sp³-hybridized carbons (Fsp3) is 0.850. The molecule has 0 bridgehead atoms. The fourth-order valence-electron chi connectivity index (χ4n) is 4.81. The quantitative estimate of drug-likeness (QED) is 0.689. The van der Waals surface area contributed by atoms with Gasteiger partial charge in [0.2, 0.25) is 5.91 Å². The number of imide groups is 1. The summed E-state index contributed by atoms with van der Waals surface area (Å²) < 4.78 is 0. The molecule has 3 aliphatic rings. The minimum Gasteiger partial charge on any atom is -0.340 e. The van der Waals surface area contributed by atoms with E-state index < -0.39 is 11.6 Å². The number of amides is 4. The number of nitrogens with two attached hydrogens (primary N) is 1. The lowest BCUT2D eigenvalue weighted by atomic mass is 9.65. The average molecular weight is 415 g/mol. The molecule has 1 unspecified atom stereocenters. The summed E-state index contributed by atoms with van der Waals surface area (Å²) in [6.45, 7) is 7.73. The number of carbonyl (C=O) groups is 3. The van der Waals surface area contributed by atoms with Crippen LogP contribution in [-0.4, -0.2) is 58.9 Å². The second kappa shape index (κ2) is 8.57. The van der Waals surface area contributed by atoms with E-state index in [1.807, 2.05) is 0 Å². The molecule has 0 aromatic rings. The first-order chi connectivity index (χ1) is 12.7. The molecule has 1 saturated carbocycles. The first kappa shape index (κ1) is 22.9. The van der Waals surface area contributed by atoms with E-state index >= 15 is 0 Å². The lowest BCUT2D eigenvalue weighted by Gasteiger charge is -2.42. The zero-order chi connectivity index (χ0) is 19.8. The Labute approximate surface area is 174 Å². The van der Waals surface area contributed by atoms with Gasteiger partial charge in [-0.3, -0.25) is 14.5 Å². The number of carbonyl (C=O) groups excluding carboxylic acids is 3. The first-order valence-electron chi connectivity index (χ1n) is 10.4. The highest BCUT2D eigenvalue weighted by molar-refractivity contribution is 6.09. The van der Waals surface area contributed by atoms with Crippen LogP contribution >= 0.6 is 12.4 Å². The first-order valence-corrected chi connectivity index (χ1v) is 10.4. The molecule has 2 aliphatic heterocycles. The maximum atomic E-state index is 13.0. The van der Waals surface area contributed by atoms with Crippen molar-refractivity contribution in [2.75, 3.05) is 19.6 Å². The zero-order valence-electron chi connectivity index (χ0n) is 17.3. The number of nitrogens with one attached hydrogen (secondary N) is 1. The van der Waals surface area contributed by atoms with Crippen LogP contribution in [0, 0.1) is 11.3 Å². The number of likely N-dealkylation sites (tertiary alicyclic amines) is 1.